The van der Waals surface area contributed by atoms with Crippen molar-refractivity contribution in [2.24, 2.45) is 0 Å². The second kappa shape index (κ2) is 6.33. The van der Waals surface area contributed by atoms with Gasteiger partial charge in [0, 0.05) is 6.42 Å². The normalized spacial score (nSPS) is 13.8. The zero-order chi connectivity index (χ0) is 16.2. The first-order valence-corrected chi connectivity index (χ1v) is 8.31. The Morgan fingerprint density at radius 2 is 0.875 bits per heavy atom. The van der Waals surface area contributed by atoms with Crippen LogP contribution in [0, 0.1) is 6.42 Å². The summed E-state index contributed by atoms with van der Waals surface area (Å²) in [6, 6.07) is 32.4. The van der Waals surface area contributed by atoms with E-state index in [1.807, 2.05) is 0 Å². The fourth-order valence-electron chi connectivity index (χ4n) is 3.69. The van der Waals surface area contributed by atoms with Gasteiger partial charge in [-0.2, -0.15) is 0 Å². The third kappa shape index (κ3) is 2.32. The lowest BCUT2D eigenvalue weighted by Crippen LogP contribution is -2.31. The van der Waals surface area contributed by atoms with Crippen molar-refractivity contribution in [2.75, 3.05) is 0 Å². The van der Waals surface area contributed by atoms with E-state index in [0.717, 1.165) is 0 Å². The van der Waals surface area contributed by atoms with Gasteiger partial charge in [-0.1, -0.05) is 109 Å². The van der Waals surface area contributed by atoms with Gasteiger partial charge >= 0.3 is 0 Å². The van der Waals surface area contributed by atoms with Crippen molar-refractivity contribution in [3.05, 3.63) is 138 Å². The Morgan fingerprint density at radius 1 is 0.458 bits per heavy atom. The van der Waals surface area contributed by atoms with Crippen LogP contribution in [0.2, 0.25) is 0 Å². The van der Waals surface area contributed by atoms with Crippen molar-refractivity contribution >= 4 is 0 Å². The van der Waals surface area contributed by atoms with Gasteiger partial charge in [0.15, 0.2) is 0 Å². The SMILES string of the molecule is [CH]1C=CC=C1C(c1ccccc1)(c1ccccc1)c1ccccc1. The van der Waals surface area contributed by atoms with E-state index in [1.54, 1.807) is 0 Å². The summed E-state index contributed by atoms with van der Waals surface area (Å²) in [4.78, 5) is 0. The summed E-state index contributed by atoms with van der Waals surface area (Å²) >= 11 is 0. The second-order valence-corrected chi connectivity index (χ2v) is 6.02. The molecule has 4 rings (SSSR count). The monoisotopic (exact) mass is 307 g/mol. The minimum Gasteiger partial charge on any atom is -0.0764 e. The first-order valence-electron chi connectivity index (χ1n) is 8.31. The van der Waals surface area contributed by atoms with Crippen molar-refractivity contribution < 1.29 is 0 Å². The van der Waals surface area contributed by atoms with Crippen LogP contribution in [-0.4, -0.2) is 0 Å². The lowest BCUT2D eigenvalue weighted by atomic mass is 9.64. The molecule has 0 heterocycles. The van der Waals surface area contributed by atoms with Crippen LogP contribution in [0.5, 0.6) is 0 Å². The molecule has 0 heteroatoms. The van der Waals surface area contributed by atoms with E-state index >= 15 is 0 Å². The topological polar surface area (TPSA) is 0 Å². The molecule has 0 atom stereocenters. The molecule has 1 aliphatic carbocycles. The van der Waals surface area contributed by atoms with Crippen LogP contribution >= 0.6 is 0 Å². The van der Waals surface area contributed by atoms with E-state index in [9.17, 15) is 0 Å². The Morgan fingerprint density at radius 3 is 1.21 bits per heavy atom. The van der Waals surface area contributed by atoms with Crippen LogP contribution in [0.4, 0.5) is 0 Å². The molecule has 1 radical (unpaired) electrons. The summed E-state index contributed by atoms with van der Waals surface area (Å²) in [7, 11) is 0. The highest BCUT2D eigenvalue weighted by atomic mass is 14.4. The van der Waals surface area contributed by atoms with Gasteiger partial charge in [0.1, 0.15) is 0 Å². The quantitative estimate of drug-likeness (QED) is 0.541. The van der Waals surface area contributed by atoms with Crippen LogP contribution < -0.4 is 0 Å². The number of hydrogen-bond acceptors (Lipinski definition) is 0. The predicted octanol–water partition coefficient (Wildman–Crippen LogP) is 5.72. The molecule has 24 heavy (non-hydrogen) atoms. The molecule has 115 valence electrons. The van der Waals surface area contributed by atoms with Gasteiger partial charge in [0.05, 0.1) is 5.41 Å². The molecule has 0 unspecified atom stereocenters. The average Bonchev–Trinajstić information content (AvgIpc) is 3.20. The van der Waals surface area contributed by atoms with E-state index < -0.39 is 0 Å². The molecule has 0 spiro atoms. The summed E-state index contributed by atoms with van der Waals surface area (Å²) in [5, 5.41) is 0. The zero-order valence-corrected chi connectivity index (χ0v) is 13.5. The molecule has 0 amide bonds. The minimum atomic E-state index is -0.298. The summed E-state index contributed by atoms with van der Waals surface area (Å²) in [5.41, 5.74) is 4.86. The average molecular weight is 307 g/mol. The minimum absolute atomic E-state index is 0.298. The molecule has 1 aliphatic rings. The standard InChI is InChI=1S/C24H19/c1-4-12-20(13-5-1)24(23-18-10-11-19-23,21-14-6-2-7-15-21)22-16-8-3-9-17-22/h1-19H. The first kappa shape index (κ1) is 14.7. The van der Waals surface area contributed by atoms with E-state index in [2.05, 4.69) is 116 Å². The lowest BCUT2D eigenvalue weighted by molar-refractivity contribution is 0.738. The van der Waals surface area contributed by atoms with Gasteiger partial charge in [-0.25, -0.2) is 0 Å². The molecule has 0 aromatic heterocycles. The van der Waals surface area contributed by atoms with Gasteiger partial charge in [0.25, 0.3) is 0 Å². The maximum atomic E-state index is 2.23. The van der Waals surface area contributed by atoms with Gasteiger partial charge in [-0.3, -0.25) is 0 Å². The molecule has 3 aromatic rings. The highest BCUT2D eigenvalue weighted by Crippen LogP contribution is 2.47. The Bertz CT molecular complexity index is 759. The smallest absolute Gasteiger partial charge is 0.0670 e. The first-order chi connectivity index (χ1) is 11.9. The third-order valence-corrected chi connectivity index (χ3v) is 4.72. The largest absolute Gasteiger partial charge is 0.0764 e. The summed E-state index contributed by atoms with van der Waals surface area (Å²) in [6.45, 7) is 0. The Kier molecular flexibility index (Phi) is 3.88. The molecular weight excluding hydrogens is 288 g/mol. The van der Waals surface area contributed by atoms with Gasteiger partial charge in [0.2, 0.25) is 0 Å². The molecule has 0 bridgehead atoms. The van der Waals surface area contributed by atoms with E-state index in [0.29, 0.717) is 0 Å². The molecule has 0 N–H and O–H groups in total. The zero-order valence-electron chi connectivity index (χ0n) is 13.5. The molecule has 0 saturated heterocycles. The maximum Gasteiger partial charge on any atom is 0.0670 e. The molecule has 0 nitrogen and oxygen atoms in total. The second-order valence-electron chi connectivity index (χ2n) is 6.02. The van der Waals surface area contributed by atoms with Gasteiger partial charge in [-0.15, -0.1) is 0 Å². The molecule has 3 aromatic carbocycles. The Labute approximate surface area is 143 Å². The van der Waals surface area contributed by atoms with E-state index in [1.165, 1.54) is 22.3 Å². The molecule has 0 aliphatic heterocycles. The van der Waals surface area contributed by atoms with Crippen LogP contribution in [0.3, 0.4) is 0 Å². The van der Waals surface area contributed by atoms with Crippen LogP contribution in [-0.2, 0) is 5.41 Å². The summed E-state index contributed by atoms with van der Waals surface area (Å²) in [5.74, 6) is 0. The Hall–Kier alpha value is -2.86. The van der Waals surface area contributed by atoms with Crippen molar-refractivity contribution in [2.45, 2.75) is 5.41 Å². The predicted molar refractivity (Wildman–Crippen MR) is 101 cm³/mol. The molecule has 0 fully saturated rings. The maximum absolute atomic E-state index is 2.23. The fourth-order valence-corrected chi connectivity index (χ4v) is 3.69. The van der Waals surface area contributed by atoms with E-state index in [4.69, 9.17) is 0 Å². The van der Waals surface area contributed by atoms with Crippen molar-refractivity contribution in [3.63, 3.8) is 0 Å². The van der Waals surface area contributed by atoms with Gasteiger partial charge in [-0.05, 0) is 22.3 Å². The highest BCUT2D eigenvalue weighted by Gasteiger charge is 2.39. The number of allylic oxidation sites excluding steroid dienone is 4. The summed E-state index contributed by atoms with van der Waals surface area (Å²) < 4.78 is 0. The van der Waals surface area contributed by atoms with Crippen molar-refractivity contribution in [1.29, 1.82) is 0 Å². The number of benzene rings is 3. The molecule has 0 saturated carbocycles. The number of hydrogen-bond donors (Lipinski definition) is 0. The fraction of sp³-hybridized carbons (Fsp3) is 0.0417. The molecular formula is C24H19. The lowest BCUT2D eigenvalue weighted by Gasteiger charge is -2.37. The Balaban J connectivity index is 2.07. The number of rotatable bonds is 4. The van der Waals surface area contributed by atoms with Crippen LogP contribution in [0.25, 0.3) is 0 Å². The highest BCUT2D eigenvalue weighted by molar-refractivity contribution is 5.63. The van der Waals surface area contributed by atoms with Gasteiger partial charge < -0.3 is 0 Å². The van der Waals surface area contributed by atoms with Crippen molar-refractivity contribution in [1.82, 2.24) is 0 Å². The summed E-state index contributed by atoms with van der Waals surface area (Å²) in [6.07, 6.45) is 8.71. The van der Waals surface area contributed by atoms with E-state index in [-0.39, 0.29) is 5.41 Å². The van der Waals surface area contributed by atoms with Crippen LogP contribution in [0.15, 0.2) is 115 Å². The third-order valence-electron chi connectivity index (χ3n) is 4.72. The van der Waals surface area contributed by atoms with Crippen LogP contribution in [0.1, 0.15) is 16.7 Å². The van der Waals surface area contributed by atoms with Crippen molar-refractivity contribution in [3.8, 4) is 0 Å².